The van der Waals surface area contributed by atoms with Crippen molar-refractivity contribution in [2.45, 2.75) is 83.8 Å². The van der Waals surface area contributed by atoms with E-state index in [4.69, 9.17) is 4.99 Å². The molecular weight excluding hydrogens is 410 g/mol. The molecule has 6 nitrogen and oxygen atoms in total. The second-order valence-electron chi connectivity index (χ2n) is 10.5. The molecule has 2 fully saturated rings. The molecule has 0 spiro atoms. The minimum absolute atomic E-state index is 0.0322. The molecule has 0 bridgehead atoms. The molecule has 1 heterocycles. The molecule has 6 heteroatoms. The van der Waals surface area contributed by atoms with Gasteiger partial charge in [0.1, 0.15) is 0 Å². The highest BCUT2D eigenvalue weighted by molar-refractivity contribution is 5.93. The minimum Gasteiger partial charge on any atom is -0.355 e. The predicted octanol–water partition coefficient (Wildman–Crippen LogP) is 4.27. The first-order valence-electron chi connectivity index (χ1n) is 13.0. The summed E-state index contributed by atoms with van der Waals surface area (Å²) in [4.78, 5) is 21.4. The van der Waals surface area contributed by atoms with Gasteiger partial charge < -0.3 is 15.5 Å². The lowest BCUT2D eigenvalue weighted by Crippen LogP contribution is -2.51. The Morgan fingerprint density at radius 2 is 1.76 bits per heavy atom. The standard InChI is InChI=1S/C27H45N5O/c1-21(2)20-32-17-9-8-12-25(32)19-29-27(30-24-10-6-5-7-11-24)28-18-22-13-15-23(16-14-22)26(33)31(3)4/h13-16,21,24-25H,5-12,17-20H2,1-4H3,(H2,28,29,30). The Labute approximate surface area is 201 Å². The number of benzene rings is 1. The van der Waals surface area contributed by atoms with Crippen LogP contribution in [0.3, 0.4) is 0 Å². The summed E-state index contributed by atoms with van der Waals surface area (Å²) in [6.07, 6.45) is 10.3. The van der Waals surface area contributed by atoms with Gasteiger partial charge in [0.15, 0.2) is 5.96 Å². The summed E-state index contributed by atoms with van der Waals surface area (Å²) in [5, 5.41) is 7.42. The first-order valence-corrected chi connectivity index (χ1v) is 13.0. The molecule has 1 saturated carbocycles. The third kappa shape index (κ3) is 8.33. The van der Waals surface area contributed by atoms with Gasteiger partial charge in [0, 0.05) is 44.8 Å². The molecule has 3 rings (SSSR count). The number of aliphatic imine (C=N–C) groups is 1. The largest absolute Gasteiger partial charge is 0.355 e. The van der Waals surface area contributed by atoms with Crippen molar-refractivity contribution < 1.29 is 4.79 Å². The fourth-order valence-electron chi connectivity index (χ4n) is 4.99. The molecule has 0 aromatic heterocycles. The lowest BCUT2D eigenvalue weighted by molar-refractivity contribution is 0.0827. The molecule has 1 saturated heterocycles. The number of carbonyl (C=O) groups is 1. The molecule has 1 aromatic rings. The number of hydrogen-bond acceptors (Lipinski definition) is 3. The van der Waals surface area contributed by atoms with Crippen molar-refractivity contribution >= 4 is 11.9 Å². The summed E-state index contributed by atoms with van der Waals surface area (Å²) in [7, 11) is 3.56. The molecular formula is C27H45N5O. The van der Waals surface area contributed by atoms with Crippen LogP contribution in [0.25, 0.3) is 0 Å². The van der Waals surface area contributed by atoms with Crippen molar-refractivity contribution in [2.24, 2.45) is 10.9 Å². The topological polar surface area (TPSA) is 60.0 Å². The summed E-state index contributed by atoms with van der Waals surface area (Å²) < 4.78 is 0. The van der Waals surface area contributed by atoms with Crippen LogP contribution in [0.15, 0.2) is 29.3 Å². The molecule has 33 heavy (non-hydrogen) atoms. The quantitative estimate of drug-likeness (QED) is 0.454. The maximum atomic E-state index is 12.1. The summed E-state index contributed by atoms with van der Waals surface area (Å²) in [5.74, 6) is 1.66. The van der Waals surface area contributed by atoms with E-state index in [1.807, 2.05) is 24.3 Å². The highest BCUT2D eigenvalue weighted by Crippen LogP contribution is 2.19. The normalized spacial score (nSPS) is 20.6. The maximum Gasteiger partial charge on any atom is 0.253 e. The van der Waals surface area contributed by atoms with Gasteiger partial charge in [-0.05, 0) is 55.8 Å². The van der Waals surface area contributed by atoms with Crippen LogP contribution in [0.5, 0.6) is 0 Å². The average Bonchev–Trinajstić information content (AvgIpc) is 2.81. The lowest BCUT2D eigenvalue weighted by atomic mass is 9.96. The minimum atomic E-state index is 0.0322. The zero-order chi connectivity index (χ0) is 23.6. The Hall–Kier alpha value is -2.08. The first-order chi connectivity index (χ1) is 15.9. The van der Waals surface area contributed by atoms with Gasteiger partial charge in [-0.25, -0.2) is 4.99 Å². The number of likely N-dealkylation sites (tertiary alicyclic amines) is 1. The molecule has 1 unspecified atom stereocenters. The summed E-state index contributed by atoms with van der Waals surface area (Å²) in [6, 6.07) is 8.94. The molecule has 2 aliphatic rings. The van der Waals surface area contributed by atoms with E-state index in [2.05, 4.69) is 29.4 Å². The van der Waals surface area contributed by atoms with Crippen molar-refractivity contribution in [2.75, 3.05) is 33.7 Å². The number of piperidine rings is 1. The van der Waals surface area contributed by atoms with Gasteiger partial charge in [0.25, 0.3) is 5.91 Å². The zero-order valence-corrected chi connectivity index (χ0v) is 21.3. The Bertz CT molecular complexity index is 752. The average molecular weight is 456 g/mol. The van der Waals surface area contributed by atoms with E-state index < -0.39 is 0 Å². The highest BCUT2D eigenvalue weighted by atomic mass is 16.2. The molecule has 1 amide bonds. The molecule has 1 atom stereocenters. The molecule has 184 valence electrons. The van der Waals surface area contributed by atoms with Crippen molar-refractivity contribution in [3.8, 4) is 0 Å². The number of amides is 1. The number of carbonyl (C=O) groups excluding carboxylic acids is 1. The Morgan fingerprint density at radius 3 is 2.42 bits per heavy atom. The SMILES string of the molecule is CC(C)CN1CCCCC1CNC(=NCc1ccc(C(=O)N(C)C)cc1)NC1CCCCC1. The lowest BCUT2D eigenvalue weighted by Gasteiger charge is -2.37. The molecule has 0 radical (unpaired) electrons. The predicted molar refractivity (Wildman–Crippen MR) is 138 cm³/mol. The van der Waals surface area contributed by atoms with Crippen molar-refractivity contribution in [1.29, 1.82) is 0 Å². The Balaban J connectivity index is 1.64. The van der Waals surface area contributed by atoms with Crippen LogP contribution in [0.2, 0.25) is 0 Å². The highest BCUT2D eigenvalue weighted by Gasteiger charge is 2.23. The van der Waals surface area contributed by atoms with E-state index in [1.54, 1.807) is 19.0 Å². The van der Waals surface area contributed by atoms with Crippen LogP contribution >= 0.6 is 0 Å². The monoisotopic (exact) mass is 455 g/mol. The summed E-state index contributed by atoms with van der Waals surface area (Å²) >= 11 is 0. The van der Waals surface area contributed by atoms with E-state index in [0.717, 1.165) is 18.1 Å². The Kier molecular flexibility index (Phi) is 10.0. The fourth-order valence-corrected chi connectivity index (χ4v) is 4.99. The van der Waals surface area contributed by atoms with Crippen LogP contribution in [0.1, 0.15) is 81.1 Å². The third-order valence-electron chi connectivity index (χ3n) is 6.83. The number of guanidine groups is 1. The molecule has 2 N–H and O–H groups in total. The summed E-state index contributed by atoms with van der Waals surface area (Å²) in [5.41, 5.74) is 1.84. The smallest absolute Gasteiger partial charge is 0.253 e. The van der Waals surface area contributed by atoms with Crippen LogP contribution in [0.4, 0.5) is 0 Å². The summed E-state index contributed by atoms with van der Waals surface area (Å²) in [6.45, 7) is 8.57. The second-order valence-corrected chi connectivity index (χ2v) is 10.5. The van der Waals surface area contributed by atoms with Crippen LogP contribution in [-0.2, 0) is 6.54 Å². The van der Waals surface area contributed by atoms with E-state index in [9.17, 15) is 4.79 Å². The van der Waals surface area contributed by atoms with Crippen LogP contribution < -0.4 is 10.6 Å². The number of nitrogens with one attached hydrogen (secondary N) is 2. The van der Waals surface area contributed by atoms with Crippen LogP contribution in [0, 0.1) is 5.92 Å². The van der Waals surface area contributed by atoms with Crippen LogP contribution in [-0.4, -0.2) is 67.5 Å². The van der Waals surface area contributed by atoms with Gasteiger partial charge in [-0.2, -0.15) is 0 Å². The molecule has 1 aromatic carbocycles. The van der Waals surface area contributed by atoms with E-state index in [0.29, 0.717) is 30.1 Å². The Morgan fingerprint density at radius 1 is 1.06 bits per heavy atom. The second kappa shape index (κ2) is 13.0. The van der Waals surface area contributed by atoms with Gasteiger partial charge in [0.05, 0.1) is 6.54 Å². The maximum absolute atomic E-state index is 12.1. The number of rotatable bonds is 8. The van der Waals surface area contributed by atoms with Crippen molar-refractivity contribution in [1.82, 2.24) is 20.4 Å². The third-order valence-corrected chi connectivity index (χ3v) is 6.83. The van der Waals surface area contributed by atoms with Gasteiger partial charge in [-0.15, -0.1) is 0 Å². The van der Waals surface area contributed by atoms with Gasteiger partial charge in [-0.3, -0.25) is 9.69 Å². The van der Waals surface area contributed by atoms with E-state index in [1.165, 1.54) is 64.5 Å². The zero-order valence-electron chi connectivity index (χ0n) is 21.3. The van der Waals surface area contributed by atoms with Gasteiger partial charge in [-0.1, -0.05) is 51.7 Å². The van der Waals surface area contributed by atoms with E-state index >= 15 is 0 Å². The van der Waals surface area contributed by atoms with Crippen molar-refractivity contribution in [3.05, 3.63) is 35.4 Å². The van der Waals surface area contributed by atoms with Gasteiger partial charge >= 0.3 is 0 Å². The van der Waals surface area contributed by atoms with Crippen molar-refractivity contribution in [3.63, 3.8) is 0 Å². The molecule has 1 aliphatic heterocycles. The number of hydrogen-bond donors (Lipinski definition) is 2. The first kappa shape index (κ1) is 25.5. The van der Waals surface area contributed by atoms with Gasteiger partial charge in [0.2, 0.25) is 0 Å². The van der Waals surface area contributed by atoms with E-state index in [-0.39, 0.29) is 5.91 Å². The molecule has 1 aliphatic carbocycles. The fraction of sp³-hybridized carbons (Fsp3) is 0.704. The number of nitrogens with zero attached hydrogens (tertiary/aromatic N) is 3.